The Morgan fingerprint density at radius 2 is 2.00 bits per heavy atom. The summed E-state index contributed by atoms with van der Waals surface area (Å²) in [5.74, 6) is -0.588. The summed E-state index contributed by atoms with van der Waals surface area (Å²) in [4.78, 5) is 25.3. The standard InChI is InChI=1S/C11H10N4O3/c1-14-9(6(4-12)5-13-14)15-10(16)7-2-3-8(18-7)11(15)17/h5,7-8H,2-3H2,1H3. The van der Waals surface area contributed by atoms with Crippen LogP contribution in [0, 0.1) is 11.3 Å². The Morgan fingerprint density at radius 1 is 1.39 bits per heavy atom. The maximum absolute atomic E-state index is 12.1. The van der Waals surface area contributed by atoms with Crippen LogP contribution in [0.4, 0.5) is 5.82 Å². The van der Waals surface area contributed by atoms with Gasteiger partial charge in [-0.1, -0.05) is 0 Å². The van der Waals surface area contributed by atoms with E-state index in [9.17, 15) is 9.59 Å². The summed E-state index contributed by atoms with van der Waals surface area (Å²) in [6.45, 7) is 0. The predicted octanol–water partition coefficient (Wildman–Crippen LogP) is -0.287. The number of fused-ring (bicyclic) bond motifs is 2. The lowest BCUT2D eigenvalue weighted by Gasteiger charge is -2.29. The van der Waals surface area contributed by atoms with Crippen LogP contribution in [0.15, 0.2) is 6.20 Å². The molecule has 2 aliphatic rings. The van der Waals surface area contributed by atoms with E-state index in [4.69, 9.17) is 10.00 Å². The molecule has 3 rings (SSSR count). The molecule has 2 unspecified atom stereocenters. The number of carbonyl (C=O) groups excluding carboxylic acids is 2. The third kappa shape index (κ3) is 1.29. The van der Waals surface area contributed by atoms with E-state index in [0.29, 0.717) is 12.8 Å². The average molecular weight is 246 g/mol. The van der Waals surface area contributed by atoms with Gasteiger partial charge in [-0.3, -0.25) is 14.3 Å². The van der Waals surface area contributed by atoms with Gasteiger partial charge in [0.15, 0.2) is 5.82 Å². The van der Waals surface area contributed by atoms with E-state index < -0.39 is 24.0 Å². The van der Waals surface area contributed by atoms with Crippen molar-refractivity contribution in [3.05, 3.63) is 11.8 Å². The van der Waals surface area contributed by atoms with Gasteiger partial charge in [0.25, 0.3) is 11.8 Å². The highest BCUT2D eigenvalue weighted by atomic mass is 16.5. The van der Waals surface area contributed by atoms with E-state index in [2.05, 4.69) is 5.10 Å². The second-order valence-electron chi connectivity index (χ2n) is 4.32. The Balaban J connectivity index is 2.11. The molecule has 18 heavy (non-hydrogen) atoms. The van der Waals surface area contributed by atoms with Gasteiger partial charge in [-0.2, -0.15) is 10.4 Å². The zero-order valence-corrected chi connectivity index (χ0v) is 9.66. The molecular weight excluding hydrogens is 236 g/mol. The number of imide groups is 1. The van der Waals surface area contributed by atoms with Crippen LogP contribution in [0.25, 0.3) is 0 Å². The number of nitriles is 1. The van der Waals surface area contributed by atoms with Gasteiger partial charge in [-0.15, -0.1) is 0 Å². The van der Waals surface area contributed by atoms with Crippen LogP contribution in [-0.2, 0) is 21.4 Å². The summed E-state index contributed by atoms with van der Waals surface area (Å²) in [5, 5.41) is 12.9. The minimum absolute atomic E-state index is 0.209. The van der Waals surface area contributed by atoms with Crippen LogP contribution >= 0.6 is 0 Å². The average Bonchev–Trinajstić information content (AvgIpc) is 2.94. The number of nitrogens with zero attached hydrogens (tertiary/aromatic N) is 4. The highest BCUT2D eigenvalue weighted by Crippen LogP contribution is 2.32. The molecule has 0 spiro atoms. The first-order chi connectivity index (χ1) is 8.63. The lowest BCUT2D eigenvalue weighted by molar-refractivity contribution is -0.147. The number of morpholine rings is 1. The quantitative estimate of drug-likeness (QED) is 0.635. The van der Waals surface area contributed by atoms with Crippen molar-refractivity contribution >= 4 is 17.6 Å². The molecule has 0 radical (unpaired) electrons. The highest BCUT2D eigenvalue weighted by molar-refractivity contribution is 6.19. The number of amides is 2. The van der Waals surface area contributed by atoms with Gasteiger partial charge in [-0.25, -0.2) is 4.90 Å². The molecule has 0 N–H and O–H groups in total. The van der Waals surface area contributed by atoms with E-state index in [1.165, 1.54) is 10.9 Å². The van der Waals surface area contributed by atoms with Crippen LogP contribution in [0.1, 0.15) is 18.4 Å². The maximum atomic E-state index is 12.1. The number of rotatable bonds is 1. The Morgan fingerprint density at radius 3 is 2.56 bits per heavy atom. The van der Waals surface area contributed by atoms with Crippen molar-refractivity contribution in [1.29, 1.82) is 5.26 Å². The molecule has 0 saturated carbocycles. The fraction of sp³-hybridized carbons (Fsp3) is 0.455. The Bertz CT molecular complexity index is 564. The van der Waals surface area contributed by atoms with Gasteiger partial charge in [0.05, 0.1) is 6.20 Å². The van der Waals surface area contributed by atoms with Crippen molar-refractivity contribution in [1.82, 2.24) is 9.78 Å². The number of anilines is 1. The second kappa shape index (κ2) is 3.65. The van der Waals surface area contributed by atoms with Crippen molar-refractivity contribution in [2.24, 2.45) is 7.05 Å². The zero-order chi connectivity index (χ0) is 12.9. The maximum Gasteiger partial charge on any atom is 0.264 e. The first-order valence-corrected chi connectivity index (χ1v) is 5.59. The fourth-order valence-corrected chi connectivity index (χ4v) is 2.38. The Hall–Kier alpha value is -2.20. The van der Waals surface area contributed by atoms with E-state index in [-0.39, 0.29) is 11.4 Å². The van der Waals surface area contributed by atoms with E-state index in [1.54, 1.807) is 7.05 Å². The van der Waals surface area contributed by atoms with E-state index in [1.807, 2.05) is 6.07 Å². The van der Waals surface area contributed by atoms with Gasteiger partial charge in [0.1, 0.15) is 23.8 Å². The highest BCUT2D eigenvalue weighted by Gasteiger charge is 2.48. The summed E-state index contributed by atoms with van der Waals surface area (Å²) in [6, 6.07) is 1.93. The minimum atomic E-state index is -0.575. The second-order valence-corrected chi connectivity index (χ2v) is 4.32. The molecule has 1 aromatic rings. The predicted molar refractivity (Wildman–Crippen MR) is 58.3 cm³/mol. The summed E-state index contributed by atoms with van der Waals surface area (Å²) >= 11 is 0. The normalized spacial score (nSPS) is 26.6. The van der Waals surface area contributed by atoms with Crippen LogP contribution in [0.3, 0.4) is 0 Å². The molecule has 3 heterocycles. The van der Waals surface area contributed by atoms with Crippen molar-refractivity contribution in [2.75, 3.05) is 4.90 Å². The van der Waals surface area contributed by atoms with Crippen molar-refractivity contribution in [3.63, 3.8) is 0 Å². The van der Waals surface area contributed by atoms with Gasteiger partial charge >= 0.3 is 0 Å². The van der Waals surface area contributed by atoms with Gasteiger partial charge in [0, 0.05) is 7.05 Å². The number of hydrogen-bond donors (Lipinski definition) is 0. The van der Waals surface area contributed by atoms with Gasteiger partial charge in [-0.05, 0) is 12.8 Å². The molecule has 2 saturated heterocycles. The topological polar surface area (TPSA) is 88.2 Å². The van der Waals surface area contributed by atoms with Crippen LogP contribution in [0.2, 0.25) is 0 Å². The van der Waals surface area contributed by atoms with Crippen molar-refractivity contribution < 1.29 is 14.3 Å². The minimum Gasteiger partial charge on any atom is -0.355 e. The molecule has 2 aliphatic heterocycles. The lowest BCUT2D eigenvalue weighted by Crippen LogP contribution is -2.52. The summed E-state index contributed by atoms with van der Waals surface area (Å²) in [7, 11) is 1.59. The third-order valence-corrected chi connectivity index (χ3v) is 3.25. The Kier molecular flexibility index (Phi) is 2.21. The summed E-state index contributed by atoms with van der Waals surface area (Å²) in [6.07, 6.45) is 1.29. The molecule has 92 valence electrons. The van der Waals surface area contributed by atoms with Crippen molar-refractivity contribution in [3.8, 4) is 6.07 Å². The SMILES string of the molecule is Cn1ncc(C#N)c1N1C(=O)C2CCC(O2)C1=O. The molecule has 2 amide bonds. The Labute approximate surface area is 103 Å². The summed E-state index contributed by atoms with van der Waals surface area (Å²) < 4.78 is 6.67. The zero-order valence-electron chi connectivity index (χ0n) is 9.66. The molecule has 2 atom stereocenters. The van der Waals surface area contributed by atoms with E-state index in [0.717, 1.165) is 4.90 Å². The number of aryl methyl sites for hydroxylation is 1. The molecule has 7 heteroatoms. The molecule has 0 aromatic carbocycles. The molecular formula is C11H10N4O3. The van der Waals surface area contributed by atoms with Crippen LogP contribution in [0.5, 0.6) is 0 Å². The largest absolute Gasteiger partial charge is 0.355 e. The van der Waals surface area contributed by atoms with Gasteiger partial charge < -0.3 is 4.74 Å². The molecule has 0 aliphatic carbocycles. The molecule has 2 fully saturated rings. The molecule has 7 nitrogen and oxygen atoms in total. The number of carbonyl (C=O) groups is 2. The monoisotopic (exact) mass is 246 g/mol. The van der Waals surface area contributed by atoms with Crippen LogP contribution < -0.4 is 4.90 Å². The molecule has 2 bridgehead atoms. The first-order valence-electron chi connectivity index (χ1n) is 5.59. The van der Waals surface area contributed by atoms with E-state index >= 15 is 0 Å². The van der Waals surface area contributed by atoms with Crippen molar-refractivity contribution in [2.45, 2.75) is 25.0 Å². The number of ether oxygens (including phenoxy) is 1. The molecule has 1 aromatic heterocycles. The number of aromatic nitrogens is 2. The first kappa shape index (κ1) is 10.9. The summed E-state index contributed by atoms with van der Waals surface area (Å²) in [5.41, 5.74) is 0.209. The lowest BCUT2D eigenvalue weighted by atomic mass is 10.2. The third-order valence-electron chi connectivity index (χ3n) is 3.25. The fourth-order valence-electron chi connectivity index (χ4n) is 2.38. The number of hydrogen-bond acceptors (Lipinski definition) is 5. The van der Waals surface area contributed by atoms with Crippen LogP contribution in [-0.4, -0.2) is 33.8 Å². The van der Waals surface area contributed by atoms with Gasteiger partial charge in [0.2, 0.25) is 0 Å². The smallest absolute Gasteiger partial charge is 0.264 e.